The molecule has 0 aromatic carbocycles. The van der Waals surface area contributed by atoms with Gasteiger partial charge in [-0.25, -0.2) is 5.48 Å². The van der Waals surface area contributed by atoms with Crippen molar-refractivity contribution in [1.82, 2.24) is 10.5 Å². The molecule has 0 unspecified atom stereocenters. The normalized spacial score (nSPS) is 11.2. The number of rotatable bonds is 3. The Hall–Kier alpha value is -1.34. The lowest BCUT2D eigenvalue weighted by Gasteiger charge is -2.08. The van der Waals surface area contributed by atoms with E-state index in [1.807, 2.05) is 0 Å². The first-order chi connectivity index (χ1) is 7.40. The average Bonchev–Trinajstić information content (AvgIpc) is 2.16. The van der Waals surface area contributed by atoms with Gasteiger partial charge in [-0.05, 0) is 6.07 Å². The number of nitrogens with zero attached hydrogens (tertiary/aromatic N) is 1. The molecular formula is C8H6ClF3N2O2. The van der Waals surface area contributed by atoms with Crippen LogP contribution in [0.4, 0.5) is 13.2 Å². The zero-order valence-corrected chi connectivity index (χ0v) is 8.47. The molecule has 0 aliphatic heterocycles. The lowest BCUT2D eigenvalue weighted by atomic mass is 10.2. The van der Waals surface area contributed by atoms with Crippen LogP contribution in [0.25, 0.3) is 0 Å². The van der Waals surface area contributed by atoms with Crippen LogP contribution < -0.4 is 5.48 Å². The number of carbonyl (C=O) groups excluding carboxylic acids is 1. The molecule has 0 aliphatic carbocycles. The smallest absolute Gasteiger partial charge is 0.267 e. The van der Waals surface area contributed by atoms with Gasteiger partial charge in [0.1, 0.15) is 0 Å². The van der Waals surface area contributed by atoms with Gasteiger partial charge in [0.2, 0.25) is 0 Å². The molecule has 0 atom stereocenters. The lowest BCUT2D eigenvalue weighted by Crippen LogP contribution is -2.29. The molecule has 0 aliphatic rings. The Morgan fingerprint density at radius 1 is 1.56 bits per heavy atom. The summed E-state index contributed by atoms with van der Waals surface area (Å²) in [6.45, 7) is -1.57. The number of aromatic nitrogens is 1. The molecule has 0 saturated heterocycles. The van der Waals surface area contributed by atoms with E-state index in [1.165, 1.54) is 18.5 Å². The Morgan fingerprint density at radius 2 is 2.25 bits per heavy atom. The molecule has 0 saturated carbocycles. The van der Waals surface area contributed by atoms with E-state index in [4.69, 9.17) is 11.6 Å². The molecule has 4 nitrogen and oxygen atoms in total. The van der Waals surface area contributed by atoms with E-state index < -0.39 is 18.7 Å². The fourth-order valence-corrected chi connectivity index (χ4v) is 1.00. The molecule has 1 N–H and O–H groups in total. The predicted octanol–water partition coefficient (Wildman–Crippen LogP) is 1.96. The number of hydrogen-bond acceptors (Lipinski definition) is 3. The fraction of sp³-hybridized carbons (Fsp3) is 0.250. The minimum atomic E-state index is -4.50. The molecule has 8 heteroatoms. The molecule has 1 amide bonds. The van der Waals surface area contributed by atoms with Gasteiger partial charge in [0, 0.05) is 12.4 Å². The highest BCUT2D eigenvalue weighted by Gasteiger charge is 2.28. The SMILES string of the molecule is O=C(NOCC(F)(F)F)c1ccncc1Cl. The van der Waals surface area contributed by atoms with E-state index in [-0.39, 0.29) is 10.6 Å². The Morgan fingerprint density at radius 3 is 2.81 bits per heavy atom. The minimum Gasteiger partial charge on any atom is -0.267 e. The maximum absolute atomic E-state index is 11.7. The highest BCUT2D eigenvalue weighted by atomic mass is 35.5. The summed E-state index contributed by atoms with van der Waals surface area (Å²) in [4.78, 5) is 18.8. The van der Waals surface area contributed by atoms with Gasteiger partial charge in [0.05, 0.1) is 10.6 Å². The Bertz CT molecular complexity index is 384. The largest absolute Gasteiger partial charge is 0.414 e. The molecule has 1 aromatic heterocycles. The van der Waals surface area contributed by atoms with Gasteiger partial charge in [-0.2, -0.15) is 13.2 Å². The third kappa shape index (κ3) is 4.03. The quantitative estimate of drug-likeness (QED) is 0.839. The molecule has 1 rings (SSSR count). The standard InChI is InChI=1S/C8H6ClF3N2O2/c9-6-3-13-2-1-5(6)7(15)14-16-4-8(10,11)12/h1-3H,4H2,(H,14,15). The van der Waals surface area contributed by atoms with Gasteiger partial charge in [-0.15, -0.1) is 0 Å². The zero-order valence-electron chi connectivity index (χ0n) is 7.71. The van der Waals surface area contributed by atoms with Crippen LogP contribution >= 0.6 is 11.6 Å². The number of alkyl halides is 3. The van der Waals surface area contributed by atoms with Gasteiger partial charge in [-0.3, -0.25) is 14.6 Å². The highest BCUT2D eigenvalue weighted by molar-refractivity contribution is 6.33. The second-order valence-electron chi connectivity index (χ2n) is 2.69. The van der Waals surface area contributed by atoms with Crippen LogP contribution in [0.1, 0.15) is 10.4 Å². The maximum Gasteiger partial charge on any atom is 0.414 e. The highest BCUT2D eigenvalue weighted by Crippen LogP contribution is 2.15. The fourth-order valence-electron chi connectivity index (χ4n) is 0.798. The first-order valence-electron chi connectivity index (χ1n) is 3.98. The third-order valence-corrected chi connectivity index (χ3v) is 1.72. The van der Waals surface area contributed by atoms with Crippen molar-refractivity contribution in [2.75, 3.05) is 6.61 Å². The molecule has 88 valence electrons. The van der Waals surface area contributed by atoms with Gasteiger partial charge in [0.15, 0.2) is 6.61 Å². The number of nitrogens with one attached hydrogen (secondary N) is 1. The van der Waals surface area contributed by atoms with Gasteiger partial charge >= 0.3 is 6.18 Å². The predicted molar refractivity (Wildman–Crippen MR) is 48.7 cm³/mol. The van der Waals surface area contributed by atoms with Gasteiger partial charge in [0.25, 0.3) is 5.91 Å². The Kier molecular flexibility index (Phi) is 4.08. The summed E-state index contributed by atoms with van der Waals surface area (Å²) >= 11 is 5.59. The summed E-state index contributed by atoms with van der Waals surface area (Å²) in [6, 6.07) is 1.26. The molecule has 0 bridgehead atoms. The first kappa shape index (κ1) is 12.7. The first-order valence-corrected chi connectivity index (χ1v) is 4.36. The topological polar surface area (TPSA) is 51.2 Å². The van der Waals surface area contributed by atoms with Crippen LogP contribution in [-0.4, -0.2) is 23.7 Å². The minimum absolute atomic E-state index is 0.0150. The maximum atomic E-state index is 11.7. The van der Waals surface area contributed by atoms with Crippen molar-refractivity contribution in [1.29, 1.82) is 0 Å². The summed E-state index contributed by atoms with van der Waals surface area (Å²) in [5, 5.41) is 0.0237. The van der Waals surface area contributed by atoms with Crippen molar-refractivity contribution in [3.63, 3.8) is 0 Å². The van der Waals surface area contributed by atoms with Gasteiger partial charge in [-0.1, -0.05) is 11.6 Å². The molecule has 1 heterocycles. The van der Waals surface area contributed by atoms with E-state index in [1.54, 1.807) is 5.48 Å². The summed E-state index contributed by atoms with van der Waals surface area (Å²) in [7, 11) is 0. The lowest BCUT2D eigenvalue weighted by molar-refractivity contribution is -0.184. The van der Waals surface area contributed by atoms with Crippen molar-refractivity contribution in [2.45, 2.75) is 6.18 Å². The molecule has 16 heavy (non-hydrogen) atoms. The van der Waals surface area contributed by atoms with Crippen LogP contribution in [0.15, 0.2) is 18.5 Å². The Balaban J connectivity index is 2.51. The van der Waals surface area contributed by atoms with E-state index >= 15 is 0 Å². The van der Waals surface area contributed by atoms with Gasteiger partial charge < -0.3 is 0 Å². The Labute approximate surface area is 93.3 Å². The molecule has 1 aromatic rings. The van der Waals surface area contributed by atoms with Crippen LogP contribution in [-0.2, 0) is 4.84 Å². The van der Waals surface area contributed by atoms with Crippen LogP contribution in [0.2, 0.25) is 5.02 Å². The molecular weight excluding hydrogens is 249 g/mol. The van der Waals surface area contributed by atoms with E-state index in [0.717, 1.165) is 0 Å². The summed E-state index contributed by atoms with van der Waals surface area (Å²) in [6.07, 6.45) is -2.03. The van der Waals surface area contributed by atoms with Crippen LogP contribution in [0.5, 0.6) is 0 Å². The van der Waals surface area contributed by atoms with Crippen LogP contribution in [0, 0.1) is 0 Å². The summed E-state index contributed by atoms with van der Waals surface area (Å²) < 4.78 is 35.0. The number of carbonyl (C=O) groups is 1. The summed E-state index contributed by atoms with van der Waals surface area (Å²) in [5.74, 6) is -0.864. The average molecular weight is 255 g/mol. The van der Waals surface area contributed by atoms with Crippen molar-refractivity contribution < 1.29 is 22.8 Å². The monoisotopic (exact) mass is 254 g/mol. The van der Waals surface area contributed by atoms with Crippen LogP contribution in [0.3, 0.4) is 0 Å². The molecule has 0 radical (unpaired) electrons. The van der Waals surface area contributed by atoms with E-state index in [9.17, 15) is 18.0 Å². The zero-order chi connectivity index (χ0) is 12.2. The second kappa shape index (κ2) is 5.13. The third-order valence-electron chi connectivity index (χ3n) is 1.42. The number of hydrogen-bond donors (Lipinski definition) is 1. The second-order valence-corrected chi connectivity index (χ2v) is 3.10. The molecule has 0 spiro atoms. The van der Waals surface area contributed by atoms with Crippen molar-refractivity contribution in [3.05, 3.63) is 29.0 Å². The molecule has 0 fully saturated rings. The number of amides is 1. The van der Waals surface area contributed by atoms with Crippen molar-refractivity contribution in [3.8, 4) is 0 Å². The number of pyridine rings is 1. The number of hydroxylamine groups is 1. The van der Waals surface area contributed by atoms with E-state index in [2.05, 4.69) is 9.82 Å². The van der Waals surface area contributed by atoms with Crippen molar-refractivity contribution >= 4 is 17.5 Å². The van der Waals surface area contributed by atoms with E-state index in [0.29, 0.717) is 0 Å². The number of halogens is 4. The summed E-state index contributed by atoms with van der Waals surface area (Å²) in [5.41, 5.74) is 1.61. The van der Waals surface area contributed by atoms with Crippen molar-refractivity contribution in [2.24, 2.45) is 0 Å².